The van der Waals surface area contributed by atoms with Gasteiger partial charge in [-0.3, -0.25) is 4.79 Å². The summed E-state index contributed by atoms with van der Waals surface area (Å²) in [6.07, 6.45) is 0.808. The monoisotopic (exact) mass is 278 g/mol. The van der Waals surface area contributed by atoms with E-state index in [0.717, 1.165) is 12.2 Å². The number of nitrogens with two attached hydrogens (primary N) is 1. The fourth-order valence-electron chi connectivity index (χ4n) is 1.76. The molecule has 0 aliphatic rings. The van der Waals surface area contributed by atoms with Crippen molar-refractivity contribution in [2.45, 2.75) is 32.6 Å². The molecule has 0 bridgehead atoms. The maximum absolute atomic E-state index is 11.8. The Morgan fingerprint density at radius 1 is 1.25 bits per heavy atom. The minimum Gasteiger partial charge on any atom is -0.484 e. The minimum atomic E-state index is -0.0293. The third-order valence-electron chi connectivity index (χ3n) is 3.21. The van der Waals surface area contributed by atoms with Crippen LogP contribution in [0.5, 0.6) is 5.75 Å². The molecule has 0 saturated carbocycles. The van der Waals surface area contributed by atoms with E-state index < -0.39 is 0 Å². The topological polar surface area (TPSA) is 55.6 Å². The average Bonchev–Trinajstić information content (AvgIpc) is 2.41. The molecule has 0 spiro atoms. The van der Waals surface area contributed by atoms with Crippen molar-refractivity contribution >= 4 is 5.91 Å². The molecule has 0 heterocycles. The molecule has 1 aromatic carbocycles. The lowest BCUT2D eigenvalue weighted by molar-refractivity contribution is -0.132. The van der Waals surface area contributed by atoms with Gasteiger partial charge >= 0.3 is 0 Å². The molecule has 1 amide bonds. The first-order chi connectivity index (χ1) is 9.34. The zero-order valence-corrected chi connectivity index (χ0v) is 13.0. The number of nitrogens with zero attached hydrogens (tertiary/aromatic N) is 1. The number of benzene rings is 1. The second kappa shape index (κ2) is 7.29. The predicted octanol–water partition coefficient (Wildman–Crippen LogP) is 2.17. The highest BCUT2D eigenvalue weighted by Crippen LogP contribution is 2.24. The van der Waals surface area contributed by atoms with Crippen molar-refractivity contribution in [3.63, 3.8) is 0 Å². The lowest BCUT2D eigenvalue weighted by Gasteiger charge is -2.20. The third-order valence-corrected chi connectivity index (χ3v) is 3.21. The van der Waals surface area contributed by atoms with Crippen molar-refractivity contribution in [1.29, 1.82) is 0 Å². The van der Waals surface area contributed by atoms with Gasteiger partial charge < -0.3 is 15.4 Å². The molecule has 0 unspecified atom stereocenters. The minimum absolute atomic E-state index is 0.0293. The van der Waals surface area contributed by atoms with Gasteiger partial charge in [0.2, 0.25) is 0 Å². The Balaban J connectivity index is 2.48. The smallest absolute Gasteiger partial charge is 0.260 e. The van der Waals surface area contributed by atoms with Gasteiger partial charge in [0, 0.05) is 13.6 Å². The van der Waals surface area contributed by atoms with Crippen LogP contribution in [0.4, 0.5) is 0 Å². The third kappa shape index (κ3) is 5.21. The standard InChI is InChI=1S/C16H26N2O2/c1-16(2,3)13-6-8-14(9-7-13)20-12-15(19)18(4)11-5-10-17/h6-9H,5,10-12,17H2,1-4H3. The number of hydrogen-bond acceptors (Lipinski definition) is 3. The van der Waals surface area contributed by atoms with Crippen LogP contribution in [0.15, 0.2) is 24.3 Å². The Bertz CT molecular complexity index is 421. The highest BCUT2D eigenvalue weighted by atomic mass is 16.5. The van der Waals surface area contributed by atoms with Crippen LogP contribution in [-0.2, 0) is 10.2 Å². The van der Waals surface area contributed by atoms with Crippen molar-refractivity contribution in [1.82, 2.24) is 4.90 Å². The number of likely N-dealkylation sites (N-methyl/N-ethyl adjacent to an activating group) is 1. The van der Waals surface area contributed by atoms with Crippen molar-refractivity contribution in [3.8, 4) is 5.75 Å². The highest BCUT2D eigenvalue weighted by Gasteiger charge is 2.13. The van der Waals surface area contributed by atoms with Gasteiger partial charge in [0.15, 0.2) is 6.61 Å². The molecule has 1 rings (SSSR count). The van der Waals surface area contributed by atoms with Crippen LogP contribution in [-0.4, -0.2) is 37.6 Å². The van der Waals surface area contributed by atoms with Gasteiger partial charge in [-0.25, -0.2) is 0 Å². The van der Waals surface area contributed by atoms with Gasteiger partial charge in [-0.2, -0.15) is 0 Å². The summed E-state index contributed by atoms with van der Waals surface area (Å²) in [5, 5.41) is 0. The maximum Gasteiger partial charge on any atom is 0.260 e. The summed E-state index contributed by atoms with van der Waals surface area (Å²) in [5.74, 6) is 0.692. The van der Waals surface area contributed by atoms with E-state index in [9.17, 15) is 4.79 Å². The number of ether oxygens (including phenoxy) is 1. The molecule has 0 radical (unpaired) electrons. The molecule has 0 fully saturated rings. The molecular formula is C16H26N2O2. The first-order valence-electron chi connectivity index (χ1n) is 7.02. The van der Waals surface area contributed by atoms with E-state index in [0.29, 0.717) is 13.1 Å². The molecule has 20 heavy (non-hydrogen) atoms. The average molecular weight is 278 g/mol. The van der Waals surface area contributed by atoms with E-state index in [1.165, 1.54) is 5.56 Å². The maximum atomic E-state index is 11.8. The van der Waals surface area contributed by atoms with Gasteiger partial charge in [0.25, 0.3) is 5.91 Å². The molecule has 0 aromatic heterocycles. The van der Waals surface area contributed by atoms with Crippen LogP contribution in [0.3, 0.4) is 0 Å². The Labute approximate surface area is 121 Å². The Hall–Kier alpha value is -1.55. The van der Waals surface area contributed by atoms with Crippen molar-refractivity contribution < 1.29 is 9.53 Å². The molecule has 0 saturated heterocycles. The molecule has 1 aromatic rings. The summed E-state index contributed by atoms with van der Waals surface area (Å²) in [4.78, 5) is 13.5. The number of carbonyl (C=O) groups excluding carboxylic acids is 1. The van der Waals surface area contributed by atoms with E-state index >= 15 is 0 Å². The van der Waals surface area contributed by atoms with Gasteiger partial charge in [-0.1, -0.05) is 32.9 Å². The van der Waals surface area contributed by atoms with Crippen LogP contribution in [0.25, 0.3) is 0 Å². The van der Waals surface area contributed by atoms with Crippen LogP contribution >= 0.6 is 0 Å². The Morgan fingerprint density at radius 3 is 2.35 bits per heavy atom. The first-order valence-corrected chi connectivity index (χ1v) is 7.02. The van der Waals surface area contributed by atoms with Gasteiger partial charge in [0.05, 0.1) is 0 Å². The zero-order chi connectivity index (χ0) is 15.2. The summed E-state index contributed by atoms with van der Waals surface area (Å²) < 4.78 is 5.51. The SMILES string of the molecule is CN(CCCN)C(=O)COc1ccc(C(C)(C)C)cc1. The summed E-state index contributed by atoms with van der Waals surface area (Å²) in [6, 6.07) is 7.90. The summed E-state index contributed by atoms with van der Waals surface area (Å²) in [6.45, 7) is 7.82. The highest BCUT2D eigenvalue weighted by molar-refractivity contribution is 5.77. The lowest BCUT2D eigenvalue weighted by Crippen LogP contribution is -2.33. The van der Waals surface area contributed by atoms with E-state index in [1.807, 2.05) is 24.3 Å². The van der Waals surface area contributed by atoms with Crippen LogP contribution in [0, 0.1) is 0 Å². The Kier molecular flexibility index (Phi) is 6.02. The van der Waals surface area contributed by atoms with Crippen LogP contribution in [0.1, 0.15) is 32.8 Å². The fourth-order valence-corrected chi connectivity index (χ4v) is 1.76. The van der Waals surface area contributed by atoms with Gasteiger partial charge in [0.1, 0.15) is 5.75 Å². The fraction of sp³-hybridized carbons (Fsp3) is 0.562. The van der Waals surface area contributed by atoms with E-state index in [-0.39, 0.29) is 17.9 Å². The lowest BCUT2D eigenvalue weighted by atomic mass is 9.87. The number of amides is 1. The van der Waals surface area contributed by atoms with E-state index in [4.69, 9.17) is 10.5 Å². The molecule has 112 valence electrons. The first kappa shape index (κ1) is 16.5. The molecule has 0 atom stereocenters. The molecule has 2 N–H and O–H groups in total. The van der Waals surface area contributed by atoms with Crippen molar-refractivity contribution in [2.24, 2.45) is 5.73 Å². The van der Waals surface area contributed by atoms with Crippen molar-refractivity contribution in [3.05, 3.63) is 29.8 Å². The van der Waals surface area contributed by atoms with Gasteiger partial charge in [-0.15, -0.1) is 0 Å². The summed E-state index contributed by atoms with van der Waals surface area (Å²) >= 11 is 0. The van der Waals surface area contributed by atoms with E-state index in [1.54, 1.807) is 11.9 Å². The zero-order valence-electron chi connectivity index (χ0n) is 13.0. The Morgan fingerprint density at radius 2 is 1.85 bits per heavy atom. The van der Waals surface area contributed by atoms with Crippen LogP contribution in [0.2, 0.25) is 0 Å². The predicted molar refractivity (Wildman–Crippen MR) is 81.9 cm³/mol. The number of carbonyl (C=O) groups is 1. The second-order valence-electron chi connectivity index (χ2n) is 6.02. The summed E-state index contributed by atoms with van der Waals surface area (Å²) in [5.41, 5.74) is 6.79. The number of hydrogen-bond donors (Lipinski definition) is 1. The normalized spacial score (nSPS) is 11.2. The second-order valence-corrected chi connectivity index (χ2v) is 6.02. The summed E-state index contributed by atoms with van der Waals surface area (Å²) in [7, 11) is 1.77. The molecule has 0 aliphatic heterocycles. The number of rotatable bonds is 6. The molecular weight excluding hydrogens is 252 g/mol. The quantitative estimate of drug-likeness (QED) is 0.867. The van der Waals surface area contributed by atoms with Gasteiger partial charge in [-0.05, 0) is 36.1 Å². The largest absolute Gasteiger partial charge is 0.484 e. The molecule has 4 heteroatoms. The molecule has 4 nitrogen and oxygen atoms in total. The van der Waals surface area contributed by atoms with Crippen molar-refractivity contribution in [2.75, 3.05) is 26.7 Å². The van der Waals surface area contributed by atoms with Crippen LogP contribution < -0.4 is 10.5 Å². The molecule has 0 aliphatic carbocycles. The van der Waals surface area contributed by atoms with E-state index in [2.05, 4.69) is 20.8 Å².